The minimum absolute atomic E-state index is 0.401. The fourth-order valence-corrected chi connectivity index (χ4v) is 2.94. The molecule has 0 aliphatic heterocycles. The lowest BCUT2D eigenvalue weighted by Crippen LogP contribution is -2.06. The number of aromatic amines is 1. The smallest absolute Gasteiger partial charge is 0.195 e. The summed E-state index contributed by atoms with van der Waals surface area (Å²) in [5.74, 6) is 0.966. The Kier molecular flexibility index (Phi) is 4.12. The normalized spacial score (nSPS) is 12.8. The van der Waals surface area contributed by atoms with Crippen molar-refractivity contribution in [1.82, 2.24) is 14.8 Å². The highest BCUT2D eigenvalue weighted by Gasteiger charge is 2.14. The first kappa shape index (κ1) is 12.5. The van der Waals surface area contributed by atoms with Crippen LogP contribution in [0.2, 0.25) is 0 Å². The number of unbranched alkanes of at least 4 members (excludes halogenated alkanes) is 1. The lowest BCUT2D eigenvalue weighted by Gasteiger charge is -2.14. The topological polar surface area (TPSA) is 33.6 Å². The van der Waals surface area contributed by atoms with E-state index in [9.17, 15) is 0 Å². The van der Waals surface area contributed by atoms with E-state index in [-0.39, 0.29) is 0 Å². The number of H-pyrrole nitrogens is 1. The molecule has 0 aromatic carbocycles. The van der Waals surface area contributed by atoms with E-state index in [1.807, 2.05) is 6.07 Å². The Morgan fingerprint density at radius 3 is 3.06 bits per heavy atom. The van der Waals surface area contributed by atoms with E-state index in [1.54, 1.807) is 11.3 Å². The number of aromatic nitrogens is 3. The van der Waals surface area contributed by atoms with Gasteiger partial charge in [0.1, 0.15) is 0 Å². The van der Waals surface area contributed by atoms with Crippen LogP contribution in [-0.2, 0) is 0 Å². The average Bonchev–Trinajstić information content (AvgIpc) is 2.94. The van der Waals surface area contributed by atoms with Crippen LogP contribution >= 0.6 is 23.6 Å². The molecule has 0 aliphatic rings. The molecule has 0 saturated heterocycles. The first-order chi connectivity index (χ1) is 8.24. The van der Waals surface area contributed by atoms with E-state index in [2.05, 4.69) is 40.1 Å². The Morgan fingerprint density at radius 2 is 2.41 bits per heavy atom. The minimum Gasteiger partial charge on any atom is -0.297 e. The van der Waals surface area contributed by atoms with Crippen LogP contribution in [0.15, 0.2) is 17.5 Å². The number of rotatable bonds is 5. The Labute approximate surface area is 111 Å². The zero-order valence-electron chi connectivity index (χ0n) is 10.1. The first-order valence-corrected chi connectivity index (χ1v) is 7.23. The second-order valence-electron chi connectivity index (χ2n) is 4.19. The van der Waals surface area contributed by atoms with Crippen LogP contribution < -0.4 is 0 Å². The summed E-state index contributed by atoms with van der Waals surface area (Å²) in [4.78, 5) is 1.17. The van der Waals surface area contributed by atoms with Gasteiger partial charge < -0.3 is 0 Å². The molecule has 0 spiro atoms. The van der Waals surface area contributed by atoms with Crippen molar-refractivity contribution < 1.29 is 0 Å². The van der Waals surface area contributed by atoms with Crippen LogP contribution in [0.3, 0.4) is 0 Å². The van der Waals surface area contributed by atoms with Gasteiger partial charge in [0, 0.05) is 6.04 Å². The van der Waals surface area contributed by atoms with Gasteiger partial charge in [0.05, 0.1) is 4.88 Å². The predicted octanol–water partition coefficient (Wildman–Crippen LogP) is 4.42. The molecule has 2 rings (SSSR count). The van der Waals surface area contributed by atoms with Crippen LogP contribution in [-0.4, -0.2) is 14.8 Å². The number of hydrogen-bond donors (Lipinski definition) is 1. The maximum Gasteiger partial charge on any atom is 0.195 e. The molecule has 1 N–H and O–H groups in total. The maximum absolute atomic E-state index is 5.32. The molecule has 0 saturated carbocycles. The molecule has 0 radical (unpaired) electrons. The molecule has 17 heavy (non-hydrogen) atoms. The van der Waals surface area contributed by atoms with Crippen molar-refractivity contribution in [2.75, 3.05) is 0 Å². The van der Waals surface area contributed by atoms with Crippen LogP contribution in [0.5, 0.6) is 0 Å². The lowest BCUT2D eigenvalue weighted by atomic mass is 10.1. The summed E-state index contributed by atoms with van der Waals surface area (Å²) in [5.41, 5.74) is 0. The van der Waals surface area contributed by atoms with Gasteiger partial charge in [0.25, 0.3) is 0 Å². The van der Waals surface area contributed by atoms with Crippen molar-refractivity contribution in [2.45, 2.75) is 39.2 Å². The second kappa shape index (κ2) is 5.60. The van der Waals surface area contributed by atoms with Gasteiger partial charge in [-0.25, -0.2) is 0 Å². The molecular weight excluding hydrogens is 250 g/mol. The highest BCUT2D eigenvalue weighted by atomic mass is 32.1. The minimum atomic E-state index is 0.401. The number of hydrogen-bond acceptors (Lipinski definition) is 3. The summed E-state index contributed by atoms with van der Waals surface area (Å²) in [7, 11) is 0. The van der Waals surface area contributed by atoms with Crippen molar-refractivity contribution in [3.8, 4) is 10.7 Å². The van der Waals surface area contributed by atoms with E-state index in [0.29, 0.717) is 6.04 Å². The van der Waals surface area contributed by atoms with Gasteiger partial charge in [-0.1, -0.05) is 25.8 Å². The molecule has 3 nitrogen and oxygen atoms in total. The highest BCUT2D eigenvalue weighted by Crippen LogP contribution is 2.27. The zero-order chi connectivity index (χ0) is 12.3. The van der Waals surface area contributed by atoms with Gasteiger partial charge in [-0.05, 0) is 37.0 Å². The molecular formula is C12H17N3S2. The van der Waals surface area contributed by atoms with Gasteiger partial charge in [-0.15, -0.1) is 11.3 Å². The van der Waals surface area contributed by atoms with Crippen molar-refractivity contribution in [3.05, 3.63) is 22.3 Å². The van der Waals surface area contributed by atoms with Crippen molar-refractivity contribution in [1.29, 1.82) is 0 Å². The fourth-order valence-electron chi connectivity index (χ4n) is 1.92. The van der Waals surface area contributed by atoms with Crippen molar-refractivity contribution >= 4 is 23.6 Å². The maximum atomic E-state index is 5.32. The van der Waals surface area contributed by atoms with E-state index in [4.69, 9.17) is 12.2 Å². The van der Waals surface area contributed by atoms with E-state index >= 15 is 0 Å². The average molecular weight is 267 g/mol. The molecule has 0 aliphatic carbocycles. The SMILES string of the molecule is CCCCC(C)n1c(-c2cccs2)n[nH]c1=S. The van der Waals surface area contributed by atoms with Crippen LogP contribution in [0.25, 0.3) is 10.7 Å². The molecule has 92 valence electrons. The van der Waals surface area contributed by atoms with Crippen LogP contribution in [0.4, 0.5) is 0 Å². The van der Waals surface area contributed by atoms with Gasteiger partial charge in [-0.3, -0.25) is 9.67 Å². The van der Waals surface area contributed by atoms with Crippen molar-refractivity contribution in [2.24, 2.45) is 0 Å². The molecule has 2 aromatic heterocycles. The molecule has 1 atom stereocenters. The summed E-state index contributed by atoms with van der Waals surface area (Å²) in [6, 6.07) is 4.52. The summed E-state index contributed by atoms with van der Waals surface area (Å²) in [5, 5.41) is 9.31. The van der Waals surface area contributed by atoms with Crippen molar-refractivity contribution in [3.63, 3.8) is 0 Å². The molecule has 0 bridgehead atoms. The van der Waals surface area contributed by atoms with E-state index in [0.717, 1.165) is 17.0 Å². The van der Waals surface area contributed by atoms with Gasteiger partial charge in [0.15, 0.2) is 10.6 Å². The Bertz CT molecular complexity index is 510. The molecule has 2 aromatic rings. The summed E-state index contributed by atoms with van der Waals surface area (Å²) >= 11 is 7.02. The van der Waals surface area contributed by atoms with Gasteiger partial charge in [-0.2, -0.15) is 5.10 Å². The Morgan fingerprint density at radius 1 is 1.59 bits per heavy atom. The zero-order valence-corrected chi connectivity index (χ0v) is 11.8. The van der Waals surface area contributed by atoms with E-state index in [1.165, 1.54) is 17.7 Å². The molecule has 0 fully saturated rings. The Hall–Kier alpha value is -0.940. The summed E-state index contributed by atoms with van der Waals surface area (Å²) in [6.45, 7) is 4.42. The second-order valence-corrected chi connectivity index (χ2v) is 5.53. The highest BCUT2D eigenvalue weighted by molar-refractivity contribution is 7.71. The molecule has 5 heteroatoms. The third-order valence-electron chi connectivity index (χ3n) is 2.86. The predicted molar refractivity (Wildman–Crippen MR) is 75.0 cm³/mol. The third kappa shape index (κ3) is 2.66. The first-order valence-electron chi connectivity index (χ1n) is 5.94. The molecule has 2 heterocycles. The monoisotopic (exact) mass is 267 g/mol. The number of thiophene rings is 1. The summed E-state index contributed by atoms with van der Waals surface area (Å²) < 4.78 is 2.86. The number of nitrogens with one attached hydrogen (secondary N) is 1. The third-order valence-corrected chi connectivity index (χ3v) is 4.02. The van der Waals surface area contributed by atoms with Gasteiger partial charge >= 0.3 is 0 Å². The van der Waals surface area contributed by atoms with E-state index < -0.39 is 0 Å². The quantitative estimate of drug-likeness (QED) is 0.814. The molecule has 1 unspecified atom stereocenters. The standard InChI is InChI=1S/C12H17N3S2/c1-3-4-6-9(2)15-11(13-14-12(15)16)10-7-5-8-17-10/h5,7-9H,3-4,6H2,1-2H3,(H,14,16). The summed E-state index contributed by atoms with van der Waals surface area (Å²) in [6.07, 6.45) is 3.57. The molecule has 0 amide bonds. The number of nitrogens with zero attached hydrogens (tertiary/aromatic N) is 2. The lowest BCUT2D eigenvalue weighted by molar-refractivity contribution is 0.484. The fraction of sp³-hybridized carbons (Fsp3) is 0.500. The largest absolute Gasteiger partial charge is 0.297 e. The van der Waals surface area contributed by atoms with Crippen LogP contribution in [0.1, 0.15) is 39.2 Å². The van der Waals surface area contributed by atoms with Gasteiger partial charge in [0.2, 0.25) is 0 Å². The Balaban J connectivity index is 2.33. The van der Waals surface area contributed by atoms with Crippen LogP contribution in [0, 0.1) is 4.77 Å².